The van der Waals surface area contributed by atoms with Gasteiger partial charge in [-0.15, -0.1) is 6.58 Å². The molecule has 0 aliphatic carbocycles. The maximum absolute atomic E-state index is 5.56. The van der Waals surface area contributed by atoms with Gasteiger partial charge in [-0.05, 0) is 24.6 Å². The van der Waals surface area contributed by atoms with Crippen LogP contribution in [-0.2, 0) is 0 Å². The summed E-state index contributed by atoms with van der Waals surface area (Å²) in [4.78, 5) is 0. The Morgan fingerprint density at radius 1 is 1.35 bits per heavy atom. The van der Waals surface area contributed by atoms with Crippen molar-refractivity contribution >= 4 is 0 Å². The van der Waals surface area contributed by atoms with E-state index in [4.69, 9.17) is 5.84 Å². The average Bonchev–Trinajstić information content (AvgIpc) is 2.86. The molecule has 1 unspecified atom stereocenters. The molecule has 1 aromatic carbocycles. The van der Waals surface area contributed by atoms with Crippen molar-refractivity contribution in [3.05, 3.63) is 60.9 Å². The number of rotatable bonds is 5. The molecule has 0 radical (unpaired) electrons. The summed E-state index contributed by atoms with van der Waals surface area (Å²) in [5.41, 5.74) is 4.83. The molecular formula is C13H16N4. The van der Waals surface area contributed by atoms with Crippen LogP contribution in [0.1, 0.15) is 18.2 Å². The van der Waals surface area contributed by atoms with E-state index in [0.29, 0.717) is 0 Å². The van der Waals surface area contributed by atoms with Gasteiger partial charge < -0.3 is 0 Å². The van der Waals surface area contributed by atoms with E-state index < -0.39 is 0 Å². The van der Waals surface area contributed by atoms with Crippen molar-refractivity contribution in [3.63, 3.8) is 0 Å². The summed E-state index contributed by atoms with van der Waals surface area (Å²) in [5, 5.41) is 4.32. The van der Waals surface area contributed by atoms with E-state index in [2.05, 4.69) is 17.1 Å². The van der Waals surface area contributed by atoms with E-state index in [1.165, 1.54) is 0 Å². The normalized spacial score (nSPS) is 12.3. The predicted octanol–water partition coefficient (Wildman–Crippen LogP) is 1.95. The van der Waals surface area contributed by atoms with Crippen LogP contribution in [0.3, 0.4) is 0 Å². The third-order valence-electron chi connectivity index (χ3n) is 2.63. The summed E-state index contributed by atoms with van der Waals surface area (Å²) in [6.45, 7) is 3.74. The number of hydrogen-bond donors (Lipinski definition) is 2. The highest BCUT2D eigenvalue weighted by Crippen LogP contribution is 2.19. The van der Waals surface area contributed by atoms with Crippen molar-refractivity contribution in [2.24, 2.45) is 5.84 Å². The van der Waals surface area contributed by atoms with Crippen LogP contribution >= 0.6 is 0 Å². The minimum atomic E-state index is 0.0233. The second kappa shape index (κ2) is 5.43. The van der Waals surface area contributed by atoms with Gasteiger partial charge in [-0.25, -0.2) is 4.68 Å². The highest BCUT2D eigenvalue weighted by Gasteiger charge is 2.13. The molecule has 2 aromatic rings. The van der Waals surface area contributed by atoms with E-state index in [1.54, 1.807) is 6.20 Å². The van der Waals surface area contributed by atoms with E-state index in [1.807, 2.05) is 47.2 Å². The second-order valence-corrected chi connectivity index (χ2v) is 3.75. The topological polar surface area (TPSA) is 55.9 Å². The van der Waals surface area contributed by atoms with Gasteiger partial charge in [0.15, 0.2) is 0 Å². The van der Waals surface area contributed by atoms with Gasteiger partial charge in [-0.1, -0.05) is 24.3 Å². The lowest BCUT2D eigenvalue weighted by Gasteiger charge is -2.16. The Kier molecular flexibility index (Phi) is 3.69. The van der Waals surface area contributed by atoms with Gasteiger partial charge in [-0.2, -0.15) is 5.10 Å². The lowest BCUT2D eigenvalue weighted by molar-refractivity contribution is 0.531. The van der Waals surface area contributed by atoms with Crippen molar-refractivity contribution < 1.29 is 0 Å². The summed E-state index contributed by atoms with van der Waals surface area (Å²) in [6, 6.07) is 12.0. The zero-order chi connectivity index (χ0) is 12.1. The Labute approximate surface area is 101 Å². The number of hydrogen-bond acceptors (Lipinski definition) is 3. The predicted molar refractivity (Wildman–Crippen MR) is 68.4 cm³/mol. The molecule has 0 bridgehead atoms. The van der Waals surface area contributed by atoms with Crippen LogP contribution in [0, 0.1) is 0 Å². The van der Waals surface area contributed by atoms with E-state index in [-0.39, 0.29) is 6.04 Å². The first-order chi connectivity index (χ1) is 8.36. The standard InChI is InChI=1S/C13H16N4/c1-2-6-12(16-14)13-9-10-15-17(13)11-7-4-3-5-8-11/h2-5,7-10,12,16H,1,6,14H2. The summed E-state index contributed by atoms with van der Waals surface area (Å²) in [6.07, 6.45) is 4.37. The van der Waals surface area contributed by atoms with Gasteiger partial charge in [0.25, 0.3) is 0 Å². The minimum Gasteiger partial charge on any atom is -0.271 e. The van der Waals surface area contributed by atoms with E-state index in [0.717, 1.165) is 17.8 Å². The number of hydrazine groups is 1. The quantitative estimate of drug-likeness (QED) is 0.467. The molecule has 0 amide bonds. The molecule has 0 aliphatic rings. The number of para-hydroxylation sites is 1. The van der Waals surface area contributed by atoms with Gasteiger partial charge in [0, 0.05) is 6.20 Å². The Balaban J connectivity index is 2.37. The molecule has 4 nitrogen and oxygen atoms in total. The molecule has 0 fully saturated rings. The van der Waals surface area contributed by atoms with Gasteiger partial charge in [0.2, 0.25) is 0 Å². The maximum atomic E-state index is 5.56. The molecule has 0 saturated heterocycles. The van der Waals surface area contributed by atoms with E-state index >= 15 is 0 Å². The highest BCUT2D eigenvalue weighted by molar-refractivity contribution is 5.33. The van der Waals surface area contributed by atoms with Gasteiger partial charge in [-0.3, -0.25) is 11.3 Å². The fourth-order valence-electron chi connectivity index (χ4n) is 1.80. The fourth-order valence-corrected chi connectivity index (χ4v) is 1.80. The van der Waals surface area contributed by atoms with Crippen LogP contribution in [0.5, 0.6) is 0 Å². The third kappa shape index (κ3) is 2.43. The first-order valence-electron chi connectivity index (χ1n) is 5.53. The Morgan fingerprint density at radius 2 is 2.12 bits per heavy atom. The number of benzene rings is 1. The zero-order valence-corrected chi connectivity index (χ0v) is 9.58. The maximum Gasteiger partial charge on any atom is 0.0667 e. The van der Waals surface area contributed by atoms with Crippen molar-refractivity contribution in [2.45, 2.75) is 12.5 Å². The van der Waals surface area contributed by atoms with E-state index in [9.17, 15) is 0 Å². The van der Waals surface area contributed by atoms with Gasteiger partial charge >= 0.3 is 0 Å². The summed E-state index contributed by atoms with van der Waals surface area (Å²) in [5.74, 6) is 5.56. The lowest BCUT2D eigenvalue weighted by atomic mass is 10.1. The second-order valence-electron chi connectivity index (χ2n) is 3.75. The largest absolute Gasteiger partial charge is 0.271 e. The minimum absolute atomic E-state index is 0.0233. The Morgan fingerprint density at radius 3 is 2.76 bits per heavy atom. The Hall–Kier alpha value is -1.91. The Bertz CT molecular complexity index is 475. The molecule has 17 heavy (non-hydrogen) atoms. The fraction of sp³-hybridized carbons (Fsp3) is 0.154. The molecule has 0 spiro atoms. The molecule has 88 valence electrons. The van der Waals surface area contributed by atoms with Crippen molar-refractivity contribution in [1.82, 2.24) is 15.2 Å². The summed E-state index contributed by atoms with van der Waals surface area (Å²) >= 11 is 0. The summed E-state index contributed by atoms with van der Waals surface area (Å²) < 4.78 is 1.88. The number of nitrogens with two attached hydrogens (primary N) is 1. The SMILES string of the molecule is C=CCC(NN)c1ccnn1-c1ccccc1. The molecule has 4 heteroatoms. The third-order valence-corrected chi connectivity index (χ3v) is 2.63. The molecule has 0 saturated carbocycles. The van der Waals surface area contributed by atoms with Crippen LogP contribution in [0.4, 0.5) is 0 Å². The van der Waals surface area contributed by atoms with Gasteiger partial charge in [0.05, 0.1) is 17.4 Å². The molecule has 3 N–H and O–H groups in total. The van der Waals surface area contributed by atoms with Gasteiger partial charge in [0.1, 0.15) is 0 Å². The smallest absolute Gasteiger partial charge is 0.0667 e. The molecule has 0 aliphatic heterocycles. The van der Waals surface area contributed by atoms with Crippen molar-refractivity contribution in [1.29, 1.82) is 0 Å². The zero-order valence-electron chi connectivity index (χ0n) is 9.58. The van der Waals surface area contributed by atoms with Crippen LogP contribution < -0.4 is 11.3 Å². The van der Waals surface area contributed by atoms with Crippen LogP contribution in [0.15, 0.2) is 55.3 Å². The molecule has 2 rings (SSSR count). The molecule has 1 heterocycles. The number of aromatic nitrogens is 2. The monoisotopic (exact) mass is 228 g/mol. The number of nitrogens with one attached hydrogen (secondary N) is 1. The average molecular weight is 228 g/mol. The van der Waals surface area contributed by atoms with Crippen LogP contribution in [0.2, 0.25) is 0 Å². The van der Waals surface area contributed by atoms with Crippen molar-refractivity contribution in [2.75, 3.05) is 0 Å². The lowest BCUT2D eigenvalue weighted by Crippen LogP contribution is -2.29. The van der Waals surface area contributed by atoms with Crippen molar-refractivity contribution in [3.8, 4) is 5.69 Å². The summed E-state index contributed by atoms with van der Waals surface area (Å²) in [7, 11) is 0. The first kappa shape index (κ1) is 11.6. The number of nitrogens with zero attached hydrogens (tertiary/aromatic N) is 2. The van der Waals surface area contributed by atoms with Crippen LogP contribution in [-0.4, -0.2) is 9.78 Å². The molecule has 1 atom stereocenters. The molecule has 1 aromatic heterocycles. The molecular weight excluding hydrogens is 212 g/mol. The first-order valence-corrected chi connectivity index (χ1v) is 5.53. The highest BCUT2D eigenvalue weighted by atomic mass is 15.3. The van der Waals surface area contributed by atoms with Crippen LogP contribution in [0.25, 0.3) is 5.69 Å².